The molecule has 0 aliphatic heterocycles. The molecule has 1 radical (unpaired) electrons. The molecule has 0 aliphatic rings. The van der Waals surface area contributed by atoms with E-state index in [4.69, 9.17) is 0 Å². The molecule has 0 saturated carbocycles. The fourth-order valence-electron chi connectivity index (χ4n) is 1.04. The van der Waals surface area contributed by atoms with E-state index in [9.17, 15) is 0 Å². The Morgan fingerprint density at radius 1 is 1.45 bits per heavy atom. The van der Waals surface area contributed by atoms with E-state index in [1.54, 1.807) is 0 Å². The number of pyridine rings is 1. The SMILES string of the molecule is CCCCCc1[c]cccn1. The largest absolute Gasteiger partial charge is 0.261 e. The Balaban J connectivity index is 2.28. The summed E-state index contributed by atoms with van der Waals surface area (Å²) in [7, 11) is 0. The van der Waals surface area contributed by atoms with E-state index >= 15 is 0 Å². The number of hydrogen-bond donors (Lipinski definition) is 0. The van der Waals surface area contributed by atoms with Crippen LogP contribution in [0, 0.1) is 6.07 Å². The molecule has 0 saturated heterocycles. The van der Waals surface area contributed by atoms with Gasteiger partial charge in [-0.05, 0) is 18.9 Å². The predicted octanol–water partition coefficient (Wildman–Crippen LogP) is 2.61. The van der Waals surface area contributed by atoms with Gasteiger partial charge in [-0.3, -0.25) is 4.98 Å². The highest BCUT2D eigenvalue weighted by molar-refractivity contribution is 5.00. The monoisotopic (exact) mass is 148 g/mol. The zero-order chi connectivity index (χ0) is 7.94. The average Bonchev–Trinajstić information content (AvgIpc) is 2.07. The Morgan fingerprint density at radius 3 is 3.00 bits per heavy atom. The van der Waals surface area contributed by atoms with Gasteiger partial charge in [-0.25, -0.2) is 0 Å². The van der Waals surface area contributed by atoms with Gasteiger partial charge in [0.15, 0.2) is 0 Å². The second kappa shape index (κ2) is 4.89. The standard InChI is InChI=1S/C10H14N/c1-2-3-4-7-10-8-5-6-9-11-10/h5-6,9H,2-4,7H2,1H3. The molecule has 1 aromatic heterocycles. The van der Waals surface area contributed by atoms with Crippen molar-refractivity contribution < 1.29 is 0 Å². The summed E-state index contributed by atoms with van der Waals surface area (Å²) in [5.74, 6) is 0. The van der Waals surface area contributed by atoms with Crippen molar-refractivity contribution in [1.29, 1.82) is 0 Å². The van der Waals surface area contributed by atoms with E-state index in [2.05, 4.69) is 18.0 Å². The molecule has 0 amide bonds. The number of aromatic nitrogens is 1. The van der Waals surface area contributed by atoms with Crippen LogP contribution in [0.4, 0.5) is 0 Å². The van der Waals surface area contributed by atoms with E-state index in [1.807, 2.05) is 18.3 Å². The van der Waals surface area contributed by atoms with Gasteiger partial charge in [-0.2, -0.15) is 0 Å². The molecule has 0 spiro atoms. The quantitative estimate of drug-likeness (QED) is 0.598. The molecule has 0 atom stereocenters. The third-order valence-corrected chi connectivity index (χ3v) is 1.68. The van der Waals surface area contributed by atoms with Crippen molar-refractivity contribution in [3.63, 3.8) is 0 Å². The summed E-state index contributed by atoms with van der Waals surface area (Å²) in [6.07, 6.45) is 6.72. The minimum atomic E-state index is 1.08. The zero-order valence-electron chi connectivity index (χ0n) is 7.01. The van der Waals surface area contributed by atoms with E-state index < -0.39 is 0 Å². The summed E-state index contributed by atoms with van der Waals surface area (Å²) in [6.45, 7) is 2.21. The summed E-state index contributed by atoms with van der Waals surface area (Å²) in [4.78, 5) is 4.19. The van der Waals surface area contributed by atoms with Gasteiger partial charge in [-0.15, -0.1) is 0 Å². The molecular weight excluding hydrogens is 134 g/mol. The zero-order valence-corrected chi connectivity index (χ0v) is 7.01. The lowest BCUT2D eigenvalue weighted by Crippen LogP contribution is -1.88. The van der Waals surface area contributed by atoms with Gasteiger partial charge in [-0.1, -0.05) is 25.8 Å². The molecule has 1 heterocycles. The first kappa shape index (κ1) is 8.25. The lowest BCUT2D eigenvalue weighted by Gasteiger charge is -1.96. The van der Waals surface area contributed by atoms with Gasteiger partial charge in [0.1, 0.15) is 0 Å². The number of nitrogens with zero attached hydrogens (tertiary/aromatic N) is 1. The second-order valence-electron chi connectivity index (χ2n) is 2.69. The van der Waals surface area contributed by atoms with Crippen LogP contribution in [0.25, 0.3) is 0 Å². The first-order valence-corrected chi connectivity index (χ1v) is 4.25. The number of unbranched alkanes of at least 4 members (excludes halogenated alkanes) is 2. The van der Waals surface area contributed by atoms with Gasteiger partial charge in [0.2, 0.25) is 0 Å². The van der Waals surface area contributed by atoms with Crippen molar-refractivity contribution in [2.75, 3.05) is 0 Å². The molecule has 59 valence electrons. The van der Waals surface area contributed by atoms with Crippen LogP contribution in [0.3, 0.4) is 0 Å². The van der Waals surface area contributed by atoms with Crippen LogP contribution in [0.1, 0.15) is 31.9 Å². The third-order valence-electron chi connectivity index (χ3n) is 1.68. The molecule has 0 aromatic carbocycles. The van der Waals surface area contributed by atoms with Crippen LogP contribution in [-0.2, 0) is 6.42 Å². The van der Waals surface area contributed by atoms with Gasteiger partial charge < -0.3 is 0 Å². The minimum absolute atomic E-state index is 1.08. The van der Waals surface area contributed by atoms with Gasteiger partial charge >= 0.3 is 0 Å². The van der Waals surface area contributed by atoms with Crippen molar-refractivity contribution in [1.82, 2.24) is 4.98 Å². The fourth-order valence-corrected chi connectivity index (χ4v) is 1.04. The number of rotatable bonds is 4. The van der Waals surface area contributed by atoms with E-state index in [1.165, 1.54) is 19.3 Å². The van der Waals surface area contributed by atoms with Gasteiger partial charge in [0, 0.05) is 18.0 Å². The molecule has 0 bridgehead atoms. The van der Waals surface area contributed by atoms with Crippen LogP contribution >= 0.6 is 0 Å². The molecule has 0 aliphatic carbocycles. The van der Waals surface area contributed by atoms with Crippen LogP contribution in [0.5, 0.6) is 0 Å². The highest BCUT2D eigenvalue weighted by Gasteiger charge is 1.91. The Morgan fingerprint density at radius 2 is 2.36 bits per heavy atom. The number of aryl methyl sites for hydroxylation is 1. The molecule has 0 unspecified atom stereocenters. The van der Waals surface area contributed by atoms with Gasteiger partial charge in [0.05, 0.1) is 0 Å². The average molecular weight is 148 g/mol. The molecule has 1 aromatic rings. The van der Waals surface area contributed by atoms with E-state index in [-0.39, 0.29) is 0 Å². The second-order valence-corrected chi connectivity index (χ2v) is 2.69. The lowest BCUT2D eigenvalue weighted by molar-refractivity contribution is 0.707. The summed E-state index contributed by atoms with van der Waals surface area (Å²) in [6, 6.07) is 6.95. The smallest absolute Gasteiger partial charge is 0.0482 e. The van der Waals surface area contributed by atoms with Gasteiger partial charge in [0.25, 0.3) is 0 Å². The highest BCUT2D eigenvalue weighted by Crippen LogP contribution is 2.01. The Labute approximate surface area is 68.5 Å². The van der Waals surface area contributed by atoms with Crippen LogP contribution in [0.2, 0.25) is 0 Å². The topological polar surface area (TPSA) is 12.9 Å². The maximum absolute atomic E-state index is 4.19. The maximum atomic E-state index is 4.19. The van der Waals surface area contributed by atoms with Crippen LogP contribution in [0.15, 0.2) is 18.3 Å². The van der Waals surface area contributed by atoms with E-state index in [0.717, 1.165) is 12.1 Å². The van der Waals surface area contributed by atoms with Crippen molar-refractivity contribution in [3.8, 4) is 0 Å². The Hall–Kier alpha value is -0.850. The predicted molar refractivity (Wildman–Crippen MR) is 46.3 cm³/mol. The molecule has 1 rings (SSSR count). The minimum Gasteiger partial charge on any atom is -0.261 e. The van der Waals surface area contributed by atoms with Crippen molar-refractivity contribution in [2.45, 2.75) is 32.6 Å². The van der Waals surface area contributed by atoms with Crippen molar-refractivity contribution >= 4 is 0 Å². The maximum Gasteiger partial charge on any atom is 0.0482 e. The fraction of sp³-hybridized carbons (Fsp3) is 0.500. The van der Waals surface area contributed by atoms with E-state index in [0.29, 0.717) is 0 Å². The molecule has 1 heteroatoms. The highest BCUT2D eigenvalue weighted by atomic mass is 14.7. The summed E-state index contributed by atoms with van der Waals surface area (Å²) >= 11 is 0. The number of hydrogen-bond acceptors (Lipinski definition) is 1. The lowest BCUT2D eigenvalue weighted by atomic mass is 10.1. The Kier molecular flexibility index (Phi) is 3.67. The summed E-state index contributed by atoms with van der Waals surface area (Å²) < 4.78 is 0. The molecule has 0 fully saturated rings. The molecular formula is C10H14N. The molecule has 0 N–H and O–H groups in total. The first-order valence-electron chi connectivity index (χ1n) is 4.25. The third kappa shape index (κ3) is 3.17. The van der Waals surface area contributed by atoms with Crippen molar-refractivity contribution in [3.05, 3.63) is 30.1 Å². The van der Waals surface area contributed by atoms with Crippen LogP contribution in [-0.4, -0.2) is 4.98 Å². The normalized spacial score (nSPS) is 9.91. The van der Waals surface area contributed by atoms with Crippen LogP contribution < -0.4 is 0 Å². The summed E-state index contributed by atoms with van der Waals surface area (Å²) in [5.41, 5.74) is 1.10. The summed E-state index contributed by atoms with van der Waals surface area (Å²) in [5, 5.41) is 0. The Bertz CT molecular complexity index is 181. The molecule has 1 nitrogen and oxygen atoms in total. The van der Waals surface area contributed by atoms with Crippen molar-refractivity contribution in [2.24, 2.45) is 0 Å². The first-order chi connectivity index (χ1) is 5.43. The molecule has 11 heavy (non-hydrogen) atoms.